The van der Waals surface area contributed by atoms with Gasteiger partial charge in [0, 0.05) is 32.3 Å². The smallest absolute Gasteiger partial charge is 0.414 e. The maximum absolute atomic E-state index is 12.6. The fourth-order valence-electron chi connectivity index (χ4n) is 2.75. The summed E-state index contributed by atoms with van der Waals surface area (Å²) in [5.74, 6) is 0. The van der Waals surface area contributed by atoms with Crippen LogP contribution in [-0.2, 0) is 16.6 Å². The summed E-state index contributed by atoms with van der Waals surface area (Å²) in [6, 6.07) is 5.85. The Morgan fingerprint density at radius 2 is 2.15 bits per heavy atom. The van der Waals surface area contributed by atoms with Crippen LogP contribution in [0.4, 0.5) is 10.5 Å². The molecule has 7 nitrogen and oxygen atoms in total. The molecule has 0 N–H and O–H groups in total. The van der Waals surface area contributed by atoms with Crippen molar-refractivity contribution in [2.24, 2.45) is 12.2 Å². The lowest BCUT2D eigenvalue weighted by atomic mass is 10.0. The minimum absolute atomic E-state index is 0.192. The zero-order chi connectivity index (χ0) is 19.8. The molecular weight excluding hydrogens is 412 g/mol. The molecule has 1 amide bonds. The maximum Gasteiger partial charge on any atom is 0.414 e. The van der Waals surface area contributed by atoms with Crippen LogP contribution in [0.1, 0.15) is 38.9 Å². The zero-order valence-corrected chi connectivity index (χ0v) is 17.6. The van der Waals surface area contributed by atoms with Crippen LogP contribution >= 0.6 is 15.9 Å². The highest BCUT2D eigenvalue weighted by molar-refractivity contribution is 9.18. The number of ether oxygens (including phenoxy) is 1. The number of benzene rings is 1. The molecule has 27 heavy (non-hydrogen) atoms. The predicted octanol–water partition coefficient (Wildman–Crippen LogP) is 4.63. The summed E-state index contributed by atoms with van der Waals surface area (Å²) in [5, 5.41) is 3.95. The number of imidazole rings is 1. The number of carbonyl (C=O) groups is 1. The first-order valence-electron chi connectivity index (χ1n) is 8.61. The first kappa shape index (κ1) is 19.4. The van der Waals surface area contributed by atoms with E-state index in [4.69, 9.17) is 9.57 Å². The summed E-state index contributed by atoms with van der Waals surface area (Å²) in [7, 11) is 3.60. The Morgan fingerprint density at radius 3 is 2.70 bits per heavy atom. The minimum atomic E-state index is -0.582. The van der Waals surface area contributed by atoms with E-state index in [0.29, 0.717) is 12.1 Å². The number of rotatable bonds is 3. The molecular formula is C19H23BrN4O3. The summed E-state index contributed by atoms with van der Waals surface area (Å²) in [5.41, 5.74) is 2.66. The molecule has 0 saturated carbocycles. The average molecular weight is 435 g/mol. The molecule has 0 radical (unpaired) electrons. The molecule has 2 heterocycles. The second kappa shape index (κ2) is 7.34. The lowest BCUT2D eigenvalue weighted by Crippen LogP contribution is -2.34. The first-order valence-corrected chi connectivity index (χ1v) is 9.40. The van der Waals surface area contributed by atoms with Crippen molar-refractivity contribution in [1.82, 2.24) is 9.55 Å². The van der Waals surface area contributed by atoms with E-state index in [1.165, 1.54) is 4.90 Å². The van der Waals surface area contributed by atoms with Crippen molar-refractivity contribution in [2.75, 3.05) is 11.9 Å². The van der Waals surface area contributed by atoms with Gasteiger partial charge in [-0.05, 0) is 48.3 Å². The SMILES string of the molecule is CN(C(=O)OC(C)(C)C)c1cc(C2CC(Br)=NO2)ccc1-c1cn(C)cn1. The van der Waals surface area contributed by atoms with Crippen LogP contribution in [0.3, 0.4) is 0 Å². The van der Waals surface area contributed by atoms with Gasteiger partial charge in [0.15, 0.2) is 6.10 Å². The highest BCUT2D eigenvalue weighted by atomic mass is 79.9. The second-order valence-corrected chi connectivity index (χ2v) is 8.42. The Balaban J connectivity index is 2.00. The van der Waals surface area contributed by atoms with E-state index in [1.54, 1.807) is 13.4 Å². The highest BCUT2D eigenvalue weighted by Gasteiger charge is 2.26. The lowest BCUT2D eigenvalue weighted by Gasteiger charge is -2.26. The standard InChI is InChI=1S/C19H23BrN4O3/c1-19(2,3)26-18(25)24(5)15-8-12(16-9-17(20)22-27-16)6-7-13(15)14-10-23(4)11-21-14/h6-8,10-11,16H,9H2,1-5H3. The van der Waals surface area contributed by atoms with Gasteiger partial charge in [-0.2, -0.15) is 0 Å². The molecule has 3 rings (SSSR count). The number of nitrogens with zero attached hydrogens (tertiary/aromatic N) is 4. The zero-order valence-electron chi connectivity index (χ0n) is 16.1. The second-order valence-electron chi connectivity index (χ2n) is 7.51. The Morgan fingerprint density at radius 1 is 1.41 bits per heavy atom. The van der Waals surface area contributed by atoms with Crippen molar-refractivity contribution in [3.8, 4) is 11.3 Å². The summed E-state index contributed by atoms with van der Waals surface area (Å²) in [4.78, 5) is 24.0. The molecule has 2 aromatic rings. The molecule has 1 aliphatic rings. The van der Waals surface area contributed by atoms with E-state index in [2.05, 4.69) is 26.1 Å². The molecule has 1 atom stereocenters. The van der Waals surface area contributed by atoms with Gasteiger partial charge in [0.1, 0.15) is 10.2 Å². The predicted molar refractivity (Wildman–Crippen MR) is 108 cm³/mol. The van der Waals surface area contributed by atoms with Crippen LogP contribution in [0.2, 0.25) is 0 Å². The summed E-state index contributed by atoms with van der Waals surface area (Å²) in [6.45, 7) is 5.53. The van der Waals surface area contributed by atoms with Gasteiger partial charge in [-0.15, -0.1) is 0 Å². The molecule has 144 valence electrons. The lowest BCUT2D eigenvalue weighted by molar-refractivity contribution is 0.0589. The van der Waals surface area contributed by atoms with E-state index < -0.39 is 11.7 Å². The van der Waals surface area contributed by atoms with E-state index in [-0.39, 0.29) is 6.10 Å². The van der Waals surface area contributed by atoms with Crippen molar-refractivity contribution in [3.05, 3.63) is 36.3 Å². The van der Waals surface area contributed by atoms with Gasteiger partial charge in [-0.1, -0.05) is 17.3 Å². The van der Waals surface area contributed by atoms with E-state index in [0.717, 1.165) is 21.4 Å². The average Bonchev–Trinajstić information content (AvgIpc) is 3.20. The third-order valence-corrected chi connectivity index (χ3v) is 4.50. The highest BCUT2D eigenvalue weighted by Crippen LogP contribution is 2.36. The van der Waals surface area contributed by atoms with Gasteiger partial charge in [-0.25, -0.2) is 9.78 Å². The monoisotopic (exact) mass is 434 g/mol. The molecule has 8 heteroatoms. The van der Waals surface area contributed by atoms with E-state index in [1.807, 2.05) is 56.8 Å². The minimum Gasteiger partial charge on any atom is -0.443 e. The van der Waals surface area contributed by atoms with Crippen molar-refractivity contribution in [1.29, 1.82) is 0 Å². The first-order chi connectivity index (χ1) is 12.6. The van der Waals surface area contributed by atoms with Crippen LogP contribution in [-0.4, -0.2) is 32.9 Å². The van der Waals surface area contributed by atoms with Gasteiger partial charge >= 0.3 is 6.09 Å². The number of carbonyl (C=O) groups excluding carboxylic acids is 1. The molecule has 1 aliphatic heterocycles. The van der Waals surface area contributed by atoms with Gasteiger partial charge < -0.3 is 14.1 Å². The quantitative estimate of drug-likeness (QED) is 0.705. The summed E-state index contributed by atoms with van der Waals surface area (Å²) in [6.07, 6.45) is 3.67. The third kappa shape index (κ3) is 4.50. The number of oxime groups is 1. The van der Waals surface area contributed by atoms with Gasteiger partial charge in [0.2, 0.25) is 0 Å². The molecule has 0 spiro atoms. The fourth-order valence-corrected chi connectivity index (χ4v) is 3.13. The van der Waals surface area contributed by atoms with Crippen molar-refractivity contribution >= 4 is 32.3 Å². The Kier molecular flexibility index (Phi) is 5.28. The number of halogens is 1. The molecule has 0 aliphatic carbocycles. The van der Waals surface area contributed by atoms with Crippen LogP contribution in [0.15, 0.2) is 35.9 Å². The Hall–Kier alpha value is -2.35. The number of aryl methyl sites for hydroxylation is 1. The van der Waals surface area contributed by atoms with Crippen molar-refractivity contribution in [3.63, 3.8) is 0 Å². The molecule has 0 saturated heterocycles. The maximum atomic E-state index is 12.6. The molecule has 1 aromatic heterocycles. The molecule has 1 unspecified atom stereocenters. The summed E-state index contributed by atoms with van der Waals surface area (Å²) >= 11 is 3.36. The normalized spacial score (nSPS) is 16.7. The third-order valence-electron chi connectivity index (χ3n) is 4.04. The number of hydrogen-bond donors (Lipinski definition) is 0. The molecule has 0 fully saturated rings. The Labute approximate surface area is 167 Å². The van der Waals surface area contributed by atoms with Crippen molar-refractivity contribution in [2.45, 2.75) is 38.9 Å². The van der Waals surface area contributed by atoms with Gasteiger partial charge in [-0.3, -0.25) is 4.90 Å². The number of amides is 1. The summed E-state index contributed by atoms with van der Waals surface area (Å²) < 4.78 is 8.17. The molecule has 1 aromatic carbocycles. The number of anilines is 1. The van der Waals surface area contributed by atoms with Crippen LogP contribution < -0.4 is 4.90 Å². The Bertz CT molecular complexity index is 885. The van der Waals surface area contributed by atoms with Crippen molar-refractivity contribution < 1.29 is 14.4 Å². The van der Waals surface area contributed by atoms with Crippen LogP contribution in [0.25, 0.3) is 11.3 Å². The van der Waals surface area contributed by atoms with Gasteiger partial charge in [0.05, 0.1) is 17.7 Å². The largest absolute Gasteiger partial charge is 0.443 e. The van der Waals surface area contributed by atoms with Crippen LogP contribution in [0, 0.1) is 0 Å². The fraction of sp³-hybridized carbons (Fsp3) is 0.421. The number of hydrogen-bond acceptors (Lipinski definition) is 5. The van der Waals surface area contributed by atoms with E-state index >= 15 is 0 Å². The number of aromatic nitrogens is 2. The van der Waals surface area contributed by atoms with E-state index in [9.17, 15) is 4.79 Å². The van der Waals surface area contributed by atoms with Gasteiger partial charge in [0.25, 0.3) is 0 Å². The molecule has 0 bridgehead atoms. The van der Waals surface area contributed by atoms with Crippen LogP contribution in [0.5, 0.6) is 0 Å². The topological polar surface area (TPSA) is 69.0 Å².